The van der Waals surface area contributed by atoms with Crippen molar-refractivity contribution in [1.29, 1.82) is 0 Å². The Morgan fingerprint density at radius 2 is 1.96 bits per heavy atom. The van der Waals surface area contributed by atoms with Gasteiger partial charge < -0.3 is 14.4 Å². The molecule has 5 nitrogen and oxygen atoms in total. The van der Waals surface area contributed by atoms with Gasteiger partial charge in [0, 0.05) is 18.3 Å². The number of thioether (sulfide) groups is 1. The van der Waals surface area contributed by atoms with Gasteiger partial charge in [-0.1, -0.05) is 0 Å². The van der Waals surface area contributed by atoms with Crippen LogP contribution in [0.25, 0.3) is 0 Å². The summed E-state index contributed by atoms with van der Waals surface area (Å²) in [5.74, 6) is -0.329. The first-order valence-corrected chi connectivity index (χ1v) is 10.2. The van der Waals surface area contributed by atoms with E-state index >= 15 is 0 Å². The Morgan fingerprint density at radius 3 is 2.50 bits per heavy atom. The summed E-state index contributed by atoms with van der Waals surface area (Å²) in [6, 6.07) is 1.87. The number of methoxy groups -OCH3 is 1. The lowest BCUT2D eigenvalue weighted by atomic mass is 10.1. The van der Waals surface area contributed by atoms with Crippen molar-refractivity contribution in [3.05, 3.63) is 15.4 Å². The second kappa shape index (κ2) is 8.10. The normalized spacial score (nSPS) is 16.1. The largest absolute Gasteiger partial charge is 0.465 e. The topological polar surface area (TPSA) is 55.8 Å². The smallest absolute Gasteiger partial charge is 0.410 e. The molecule has 2 rings (SSSR count). The number of amides is 1. The van der Waals surface area contributed by atoms with Gasteiger partial charge in [-0.05, 0) is 55.6 Å². The molecular weight excluding hydrogens is 414 g/mol. The number of carbonyl (C=O) groups is 2. The summed E-state index contributed by atoms with van der Waals surface area (Å²) < 4.78 is 12.1. The van der Waals surface area contributed by atoms with E-state index in [1.807, 2.05) is 26.8 Å². The molecule has 0 unspecified atom stereocenters. The fourth-order valence-corrected chi connectivity index (χ4v) is 5.84. The highest BCUT2D eigenvalue weighted by molar-refractivity contribution is 9.11. The molecule has 1 aliphatic heterocycles. The first kappa shape index (κ1) is 19.6. The third kappa shape index (κ3) is 5.39. The molecule has 1 amide bonds. The number of thiophene rings is 1. The van der Waals surface area contributed by atoms with E-state index in [2.05, 4.69) is 15.9 Å². The third-order valence-corrected chi connectivity index (χ3v) is 6.77. The number of ether oxygens (including phenoxy) is 2. The molecule has 24 heavy (non-hydrogen) atoms. The van der Waals surface area contributed by atoms with Gasteiger partial charge in [-0.2, -0.15) is 0 Å². The first-order chi connectivity index (χ1) is 11.2. The molecule has 0 aromatic carbocycles. The maximum absolute atomic E-state index is 12.1. The van der Waals surface area contributed by atoms with Gasteiger partial charge in [-0.25, -0.2) is 9.59 Å². The summed E-state index contributed by atoms with van der Waals surface area (Å²) in [6.07, 6.45) is 1.58. The number of piperidine rings is 1. The van der Waals surface area contributed by atoms with Crippen LogP contribution in [0.4, 0.5) is 4.79 Å². The number of likely N-dealkylation sites (tertiary alicyclic amines) is 1. The first-order valence-electron chi connectivity index (χ1n) is 7.72. The molecule has 1 saturated heterocycles. The van der Waals surface area contributed by atoms with Gasteiger partial charge in [-0.15, -0.1) is 23.1 Å². The zero-order valence-corrected chi connectivity index (χ0v) is 17.5. The Morgan fingerprint density at radius 1 is 1.33 bits per heavy atom. The highest BCUT2D eigenvalue weighted by Gasteiger charge is 2.28. The van der Waals surface area contributed by atoms with Crippen molar-refractivity contribution >= 4 is 51.1 Å². The molecular formula is C16H22BrNO4S2. The zero-order valence-electron chi connectivity index (χ0n) is 14.3. The van der Waals surface area contributed by atoms with Crippen LogP contribution >= 0.6 is 39.0 Å². The van der Waals surface area contributed by atoms with E-state index in [9.17, 15) is 9.59 Å². The van der Waals surface area contributed by atoms with E-state index in [0.29, 0.717) is 23.9 Å². The summed E-state index contributed by atoms with van der Waals surface area (Å²) in [5, 5.41) is 0.430. The number of nitrogens with zero attached hydrogens (tertiary/aromatic N) is 1. The maximum atomic E-state index is 12.1. The molecule has 0 bridgehead atoms. The average molecular weight is 436 g/mol. The van der Waals surface area contributed by atoms with Crippen molar-refractivity contribution in [2.75, 3.05) is 20.2 Å². The molecule has 0 N–H and O–H groups in total. The van der Waals surface area contributed by atoms with Crippen LogP contribution in [-0.4, -0.2) is 48.0 Å². The molecule has 8 heteroatoms. The molecule has 0 radical (unpaired) electrons. The summed E-state index contributed by atoms with van der Waals surface area (Å²) in [4.78, 5) is 25.5. The fourth-order valence-electron chi connectivity index (χ4n) is 2.30. The summed E-state index contributed by atoms with van der Waals surface area (Å²) >= 11 is 6.71. The molecule has 1 fully saturated rings. The molecule has 0 spiro atoms. The summed E-state index contributed by atoms with van der Waals surface area (Å²) in [5.41, 5.74) is 0.104. The number of halogens is 1. The lowest BCUT2D eigenvalue weighted by Crippen LogP contribution is -2.42. The Hall–Kier alpha value is -0.730. The van der Waals surface area contributed by atoms with E-state index in [1.165, 1.54) is 7.11 Å². The Labute approximate surface area is 159 Å². The monoisotopic (exact) mass is 435 g/mol. The van der Waals surface area contributed by atoms with Crippen LogP contribution in [-0.2, 0) is 9.47 Å². The Kier molecular flexibility index (Phi) is 6.61. The van der Waals surface area contributed by atoms with Crippen LogP contribution < -0.4 is 0 Å². The molecule has 2 heterocycles. The van der Waals surface area contributed by atoms with Crippen LogP contribution in [0.5, 0.6) is 0 Å². The van der Waals surface area contributed by atoms with E-state index < -0.39 is 5.60 Å². The van der Waals surface area contributed by atoms with Gasteiger partial charge in [0.05, 0.1) is 20.7 Å². The number of carbonyl (C=O) groups excluding carboxylic acids is 2. The number of hydrogen-bond donors (Lipinski definition) is 0. The fraction of sp³-hybridized carbons (Fsp3) is 0.625. The number of hydrogen-bond acceptors (Lipinski definition) is 6. The van der Waals surface area contributed by atoms with E-state index in [4.69, 9.17) is 9.47 Å². The van der Waals surface area contributed by atoms with Crippen molar-refractivity contribution in [2.45, 2.75) is 48.7 Å². The van der Waals surface area contributed by atoms with Gasteiger partial charge >= 0.3 is 12.1 Å². The summed E-state index contributed by atoms with van der Waals surface area (Å²) in [6.45, 7) is 7.02. The minimum Gasteiger partial charge on any atom is -0.465 e. The molecule has 0 aliphatic carbocycles. The molecule has 0 atom stereocenters. The maximum Gasteiger partial charge on any atom is 0.410 e. The third-order valence-electron chi connectivity index (χ3n) is 3.45. The molecule has 134 valence electrons. The predicted molar refractivity (Wildman–Crippen MR) is 100 cm³/mol. The van der Waals surface area contributed by atoms with E-state index in [1.54, 1.807) is 28.0 Å². The van der Waals surface area contributed by atoms with Gasteiger partial charge in [0.2, 0.25) is 0 Å². The highest BCUT2D eigenvalue weighted by atomic mass is 79.9. The van der Waals surface area contributed by atoms with Crippen LogP contribution in [0.3, 0.4) is 0 Å². The van der Waals surface area contributed by atoms with Crippen LogP contribution in [0, 0.1) is 0 Å². The number of rotatable bonds is 3. The van der Waals surface area contributed by atoms with Crippen molar-refractivity contribution in [2.24, 2.45) is 0 Å². The van der Waals surface area contributed by atoms with Crippen molar-refractivity contribution in [3.63, 3.8) is 0 Å². The van der Waals surface area contributed by atoms with Gasteiger partial charge in [-0.3, -0.25) is 0 Å². The van der Waals surface area contributed by atoms with Gasteiger partial charge in [0.25, 0.3) is 0 Å². The lowest BCUT2D eigenvalue weighted by molar-refractivity contribution is 0.0219. The van der Waals surface area contributed by atoms with Crippen LogP contribution in [0.15, 0.2) is 14.1 Å². The molecule has 1 aromatic rings. The minimum atomic E-state index is -0.462. The number of esters is 1. The lowest BCUT2D eigenvalue weighted by Gasteiger charge is -2.33. The molecule has 0 saturated carbocycles. The van der Waals surface area contributed by atoms with Crippen LogP contribution in [0.1, 0.15) is 44.0 Å². The molecule has 1 aliphatic rings. The van der Waals surface area contributed by atoms with Crippen molar-refractivity contribution < 1.29 is 19.1 Å². The predicted octanol–water partition coefficient (Wildman–Crippen LogP) is 4.79. The zero-order chi connectivity index (χ0) is 17.9. The standard InChI is InChI=1S/C16H22BrNO4S2/c1-16(2,3)22-15(20)18-7-5-10(6-8-18)23-12-9-11(13(17)24-12)14(19)21-4/h9-10H,5-8H2,1-4H3. The van der Waals surface area contributed by atoms with E-state index in [-0.39, 0.29) is 12.1 Å². The second-order valence-corrected chi connectivity index (χ2v) is 10.5. The Bertz CT molecular complexity index is 604. The summed E-state index contributed by atoms with van der Waals surface area (Å²) in [7, 11) is 1.38. The quantitative estimate of drug-likeness (QED) is 0.638. The molecule has 1 aromatic heterocycles. The van der Waals surface area contributed by atoms with Crippen molar-refractivity contribution in [3.8, 4) is 0 Å². The van der Waals surface area contributed by atoms with E-state index in [0.717, 1.165) is 20.8 Å². The highest BCUT2D eigenvalue weighted by Crippen LogP contribution is 2.39. The SMILES string of the molecule is COC(=O)c1cc(SC2CCN(C(=O)OC(C)(C)C)CC2)sc1Br. The van der Waals surface area contributed by atoms with Gasteiger partial charge in [0.1, 0.15) is 5.60 Å². The second-order valence-electron chi connectivity index (χ2n) is 6.53. The van der Waals surface area contributed by atoms with Crippen molar-refractivity contribution in [1.82, 2.24) is 4.90 Å². The minimum absolute atomic E-state index is 0.238. The van der Waals surface area contributed by atoms with Crippen LogP contribution in [0.2, 0.25) is 0 Å². The van der Waals surface area contributed by atoms with Gasteiger partial charge in [0.15, 0.2) is 0 Å². The average Bonchev–Trinajstić information content (AvgIpc) is 2.86. The Balaban J connectivity index is 1.87.